The monoisotopic (exact) mass is 368 g/mol. The van der Waals surface area contributed by atoms with Gasteiger partial charge in [-0.15, -0.1) is 11.3 Å². The summed E-state index contributed by atoms with van der Waals surface area (Å²) in [6, 6.07) is 10.6. The van der Waals surface area contributed by atoms with Gasteiger partial charge in [0.1, 0.15) is 5.82 Å². The molecule has 0 atom stereocenters. The molecule has 0 bridgehead atoms. The molecule has 0 saturated carbocycles. The van der Waals surface area contributed by atoms with E-state index in [1.165, 1.54) is 6.07 Å². The molecule has 0 unspecified atom stereocenters. The number of benzene rings is 2. The summed E-state index contributed by atoms with van der Waals surface area (Å²) in [5.74, 6) is 0.457. The maximum absolute atomic E-state index is 13.3. The van der Waals surface area contributed by atoms with Crippen LogP contribution in [0.4, 0.5) is 10.1 Å². The number of thioether (sulfide) groups is 1. The second-order valence-corrected chi connectivity index (χ2v) is 7.44. The van der Waals surface area contributed by atoms with Crippen molar-refractivity contribution in [2.75, 3.05) is 5.73 Å². The number of fused-ring (bicyclic) bond motifs is 1. The van der Waals surface area contributed by atoms with E-state index < -0.39 is 0 Å². The Balaban J connectivity index is 1.79. The molecule has 2 aromatic carbocycles. The smallest absolute Gasteiger partial charge is 0.151 e. The highest BCUT2D eigenvalue weighted by Crippen LogP contribution is 2.32. The Morgan fingerprint density at radius 3 is 2.90 bits per heavy atom. The number of aromatic nitrogens is 1. The van der Waals surface area contributed by atoms with Gasteiger partial charge < -0.3 is 5.73 Å². The van der Waals surface area contributed by atoms with E-state index >= 15 is 0 Å². The van der Waals surface area contributed by atoms with Gasteiger partial charge in [0.05, 0.1) is 10.2 Å². The first-order valence-electron chi connectivity index (χ1n) is 5.84. The number of rotatable bonds is 3. The third-order valence-corrected chi connectivity index (χ3v) is 5.37. The Labute approximate surface area is 132 Å². The van der Waals surface area contributed by atoms with E-state index in [-0.39, 0.29) is 5.82 Å². The molecule has 3 aromatic rings. The first-order chi connectivity index (χ1) is 9.60. The Hall–Kier alpha value is -1.11. The number of nitrogens with zero attached hydrogens (tertiary/aromatic N) is 1. The Morgan fingerprint density at radius 2 is 2.10 bits per heavy atom. The van der Waals surface area contributed by atoms with Gasteiger partial charge in [0, 0.05) is 15.9 Å². The van der Waals surface area contributed by atoms with Crippen LogP contribution in [0.3, 0.4) is 0 Å². The van der Waals surface area contributed by atoms with Gasteiger partial charge in [-0.05, 0) is 42.0 Å². The SMILES string of the molecule is Nc1ccc2nc(SCc3cc(F)cc(Br)c3)sc2c1. The lowest BCUT2D eigenvalue weighted by Gasteiger charge is -2.00. The summed E-state index contributed by atoms with van der Waals surface area (Å²) < 4.78 is 16.1. The van der Waals surface area contributed by atoms with Crippen molar-refractivity contribution in [1.29, 1.82) is 0 Å². The zero-order valence-electron chi connectivity index (χ0n) is 10.3. The number of halogens is 2. The fourth-order valence-electron chi connectivity index (χ4n) is 1.82. The van der Waals surface area contributed by atoms with Crippen molar-refractivity contribution in [2.45, 2.75) is 10.1 Å². The van der Waals surface area contributed by atoms with E-state index in [1.54, 1.807) is 29.2 Å². The second kappa shape index (κ2) is 5.71. The fraction of sp³-hybridized carbons (Fsp3) is 0.0714. The summed E-state index contributed by atoms with van der Waals surface area (Å²) in [7, 11) is 0. The summed E-state index contributed by atoms with van der Waals surface area (Å²) >= 11 is 6.51. The van der Waals surface area contributed by atoms with Gasteiger partial charge in [-0.1, -0.05) is 27.7 Å². The number of hydrogen-bond acceptors (Lipinski definition) is 4. The van der Waals surface area contributed by atoms with Crippen LogP contribution in [0.25, 0.3) is 10.2 Å². The molecule has 0 amide bonds. The molecule has 20 heavy (non-hydrogen) atoms. The third kappa shape index (κ3) is 3.13. The van der Waals surface area contributed by atoms with E-state index in [9.17, 15) is 4.39 Å². The van der Waals surface area contributed by atoms with E-state index in [1.807, 2.05) is 24.3 Å². The molecule has 1 heterocycles. The van der Waals surface area contributed by atoms with Crippen molar-refractivity contribution in [3.63, 3.8) is 0 Å². The van der Waals surface area contributed by atoms with Gasteiger partial charge in [-0.2, -0.15) is 0 Å². The molecule has 0 saturated heterocycles. The first-order valence-corrected chi connectivity index (χ1v) is 8.43. The van der Waals surface area contributed by atoms with Crippen molar-refractivity contribution in [1.82, 2.24) is 4.98 Å². The van der Waals surface area contributed by atoms with Gasteiger partial charge >= 0.3 is 0 Å². The van der Waals surface area contributed by atoms with Crippen LogP contribution >= 0.6 is 39.0 Å². The van der Waals surface area contributed by atoms with Crippen molar-refractivity contribution in [2.24, 2.45) is 0 Å². The quantitative estimate of drug-likeness (QED) is 0.517. The summed E-state index contributed by atoms with van der Waals surface area (Å²) in [5, 5.41) is 0. The van der Waals surface area contributed by atoms with Gasteiger partial charge in [0.15, 0.2) is 4.34 Å². The van der Waals surface area contributed by atoms with Crippen LogP contribution in [0.2, 0.25) is 0 Å². The standard InChI is InChI=1S/C14H10BrFN2S2/c15-9-3-8(4-10(16)5-9)7-19-14-18-12-2-1-11(17)6-13(12)20-14/h1-6H,7,17H2. The highest BCUT2D eigenvalue weighted by Gasteiger charge is 2.06. The first kappa shape index (κ1) is 13.9. The molecule has 2 nitrogen and oxygen atoms in total. The second-order valence-electron chi connectivity index (χ2n) is 4.27. The summed E-state index contributed by atoms with van der Waals surface area (Å²) in [6.45, 7) is 0. The van der Waals surface area contributed by atoms with Crippen LogP contribution < -0.4 is 5.73 Å². The molecule has 6 heteroatoms. The molecule has 0 radical (unpaired) electrons. The van der Waals surface area contributed by atoms with Crippen LogP contribution in [0.1, 0.15) is 5.56 Å². The van der Waals surface area contributed by atoms with Crippen LogP contribution in [0.15, 0.2) is 45.2 Å². The van der Waals surface area contributed by atoms with E-state index in [2.05, 4.69) is 20.9 Å². The molecule has 2 N–H and O–H groups in total. The molecule has 102 valence electrons. The molecule has 0 fully saturated rings. The topological polar surface area (TPSA) is 38.9 Å². The van der Waals surface area contributed by atoms with Crippen molar-refractivity contribution in [3.05, 3.63) is 52.3 Å². The number of nitrogens with two attached hydrogens (primary N) is 1. The number of thiazole rings is 1. The van der Waals surface area contributed by atoms with Crippen LogP contribution in [0, 0.1) is 5.82 Å². The average Bonchev–Trinajstić information content (AvgIpc) is 2.77. The summed E-state index contributed by atoms with van der Waals surface area (Å²) in [6.07, 6.45) is 0. The molecule has 0 aliphatic carbocycles. The number of anilines is 1. The van der Waals surface area contributed by atoms with Gasteiger partial charge in [0.25, 0.3) is 0 Å². The zero-order valence-corrected chi connectivity index (χ0v) is 13.5. The maximum Gasteiger partial charge on any atom is 0.151 e. The molecule has 0 aliphatic heterocycles. The lowest BCUT2D eigenvalue weighted by Crippen LogP contribution is -1.83. The van der Waals surface area contributed by atoms with E-state index in [4.69, 9.17) is 5.73 Å². The maximum atomic E-state index is 13.3. The van der Waals surface area contributed by atoms with E-state index in [0.717, 1.165) is 30.3 Å². The van der Waals surface area contributed by atoms with Crippen LogP contribution in [-0.4, -0.2) is 4.98 Å². The molecule has 1 aromatic heterocycles. The van der Waals surface area contributed by atoms with Crippen molar-refractivity contribution >= 4 is 54.9 Å². The molecular formula is C14H10BrFN2S2. The lowest BCUT2D eigenvalue weighted by molar-refractivity contribution is 0.625. The Bertz CT molecular complexity index is 753. The molecule has 3 rings (SSSR count). The third-order valence-electron chi connectivity index (χ3n) is 2.68. The summed E-state index contributed by atoms with van der Waals surface area (Å²) in [5.41, 5.74) is 8.38. The molecule has 0 aliphatic rings. The largest absolute Gasteiger partial charge is 0.399 e. The minimum Gasteiger partial charge on any atom is -0.399 e. The van der Waals surface area contributed by atoms with Gasteiger partial charge in [-0.3, -0.25) is 0 Å². The van der Waals surface area contributed by atoms with Crippen LogP contribution in [-0.2, 0) is 5.75 Å². The minimum absolute atomic E-state index is 0.230. The Kier molecular flexibility index (Phi) is 3.96. The lowest BCUT2D eigenvalue weighted by atomic mass is 10.2. The van der Waals surface area contributed by atoms with Crippen molar-refractivity contribution < 1.29 is 4.39 Å². The highest BCUT2D eigenvalue weighted by molar-refractivity contribution is 9.10. The zero-order chi connectivity index (χ0) is 14.1. The minimum atomic E-state index is -0.230. The Morgan fingerprint density at radius 1 is 1.25 bits per heavy atom. The van der Waals surface area contributed by atoms with Gasteiger partial charge in [-0.25, -0.2) is 9.37 Å². The normalized spacial score (nSPS) is 11.1. The summed E-state index contributed by atoms with van der Waals surface area (Å²) in [4.78, 5) is 4.53. The predicted octanol–water partition coefficient (Wildman–Crippen LogP) is 5.07. The molecular weight excluding hydrogens is 359 g/mol. The number of nitrogen functional groups attached to an aromatic ring is 1. The predicted molar refractivity (Wildman–Crippen MR) is 87.7 cm³/mol. The van der Waals surface area contributed by atoms with Crippen LogP contribution in [0.5, 0.6) is 0 Å². The highest BCUT2D eigenvalue weighted by atomic mass is 79.9. The van der Waals surface area contributed by atoms with E-state index in [0.29, 0.717) is 5.75 Å². The van der Waals surface area contributed by atoms with Crippen molar-refractivity contribution in [3.8, 4) is 0 Å². The number of hydrogen-bond donors (Lipinski definition) is 1. The van der Waals surface area contributed by atoms with Gasteiger partial charge in [0.2, 0.25) is 0 Å². The molecule has 0 spiro atoms. The average molecular weight is 369 g/mol. The fourth-order valence-corrected chi connectivity index (χ4v) is 4.38.